The first-order valence-corrected chi connectivity index (χ1v) is 6.09. The Kier molecular flexibility index (Phi) is 4.29. The van der Waals surface area contributed by atoms with Crippen LogP contribution in [0.25, 0.3) is 0 Å². The first-order chi connectivity index (χ1) is 9.90. The minimum Gasteiger partial charge on any atom is -0.467 e. The number of nitrogens with one attached hydrogen (secondary N) is 1. The lowest BCUT2D eigenvalue weighted by Crippen LogP contribution is -2.39. The fourth-order valence-electron chi connectivity index (χ4n) is 1.81. The molecular formula is C12H13F3N4O2. The summed E-state index contributed by atoms with van der Waals surface area (Å²) in [4.78, 5) is 20.9. The molecule has 1 aromatic rings. The molecule has 0 aromatic carbocycles. The van der Waals surface area contributed by atoms with Crippen LogP contribution >= 0.6 is 0 Å². The molecule has 0 fully saturated rings. The van der Waals surface area contributed by atoms with E-state index in [2.05, 4.69) is 15.3 Å². The van der Waals surface area contributed by atoms with Gasteiger partial charge in [-0.2, -0.15) is 18.2 Å². The molecule has 6 nitrogen and oxygen atoms in total. The van der Waals surface area contributed by atoms with Crippen LogP contribution in [-0.4, -0.2) is 47.3 Å². The first kappa shape index (κ1) is 15.1. The zero-order chi connectivity index (χ0) is 15.5. The van der Waals surface area contributed by atoms with Crippen LogP contribution in [0.3, 0.4) is 0 Å². The number of carbonyl (C=O) groups excluding carboxylic acids is 1. The summed E-state index contributed by atoms with van der Waals surface area (Å²) in [7, 11) is 1.38. The highest BCUT2D eigenvalue weighted by Gasteiger charge is 2.35. The van der Waals surface area contributed by atoms with E-state index in [4.69, 9.17) is 4.74 Å². The standard InChI is InChI=1S/C12H13F3N4O2/c1-21-10-16-5-2-9(17-10)18-11(20)19-6-3-8(4-7-19)12(13,14)15/h2-3,5H,4,6-7H2,1H3,(H,16,17,18,20). The molecule has 0 aliphatic carbocycles. The number of urea groups is 1. The minimum atomic E-state index is -4.33. The highest BCUT2D eigenvalue weighted by molar-refractivity contribution is 5.88. The number of anilines is 1. The normalized spacial score (nSPS) is 15.4. The fourth-order valence-corrected chi connectivity index (χ4v) is 1.81. The number of rotatable bonds is 2. The Morgan fingerprint density at radius 1 is 1.48 bits per heavy atom. The summed E-state index contributed by atoms with van der Waals surface area (Å²) >= 11 is 0. The van der Waals surface area contributed by atoms with E-state index in [0.717, 1.165) is 6.08 Å². The monoisotopic (exact) mass is 302 g/mol. The second kappa shape index (κ2) is 5.98. The quantitative estimate of drug-likeness (QED) is 0.851. The summed E-state index contributed by atoms with van der Waals surface area (Å²) in [6.45, 7) is -0.0950. The molecule has 0 spiro atoms. The van der Waals surface area contributed by atoms with E-state index in [0.29, 0.717) is 0 Å². The Morgan fingerprint density at radius 2 is 2.24 bits per heavy atom. The molecule has 1 aliphatic rings. The van der Waals surface area contributed by atoms with Crippen LogP contribution in [0.4, 0.5) is 23.8 Å². The summed E-state index contributed by atoms with van der Waals surface area (Å²) in [5.74, 6) is 0.220. The van der Waals surface area contributed by atoms with Crippen molar-refractivity contribution in [1.29, 1.82) is 0 Å². The molecule has 2 amide bonds. The van der Waals surface area contributed by atoms with Gasteiger partial charge in [0.05, 0.1) is 7.11 Å². The molecule has 21 heavy (non-hydrogen) atoms. The van der Waals surface area contributed by atoms with E-state index in [1.165, 1.54) is 24.3 Å². The average molecular weight is 302 g/mol. The molecule has 2 rings (SSSR count). The van der Waals surface area contributed by atoms with Gasteiger partial charge >= 0.3 is 18.2 Å². The number of ether oxygens (including phenoxy) is 1. The fraction of sp³-hybridized carbons (Fsp3) is 0.417. The number of methoxy groups -OCH3 is 1. The smallest absolute Gasteiger partial charge is 0.412 e. The molecule has 1 N–H and O–H groups in total. The lowest BCUT2D eigenvalue weighted by atomic mass is 10.1. The number of halogens is 3. The van der Waals surface area contributed by atoms with Crippen LogP contribution in [0.1, 0.15) is 6.42 Å². The van der Waals surface area contributed by atoms with Gasteiger partial charge < -0.3 is 9.64 Å². The number of aromatic nitrogens is 2. The van der Waals surface area contributed by atoms with E-state index in [1.54, 1.807) is 0 Å². The van der Waals surface area contributed by atoms with Crippen molar-refractivity contribution in [3.05, 3.63) is 23.9 Å². The van der Waals surface area contributed by atoms with Crippen LogP contribution in [0.15, 0.2) is 23.9 Å². The molecule has 1 aliphatic heterocycles. The van der Waals surface area contributed by atoms with Gasteiger partial charge in [-0.3, -0.25) is 5.32 Å². The number of hydrogen-bond donors (Lipinski definition) is 1. The number of nitrogens with zero attached hydrogens (tertiary/aromatic N) is 3. The predicted molar refractivity (Wildman–Crippen MR) is 67.9 cm³/mol. The summed E-state index contributed by atoms with van der Waals surface area (Å²) in [6.07, 6.45) is -2.13. The minimum absolute atomic E-state index is 0.000600. The maximum atomic E-state index is 12.5. The number of alkyl halides is 3. The van der Waals surface area contributed by atoms with Crippen LogP contribution < -0.4 is 10.1 Å². The highest BCUT2D eigenvalue weighted by Crippen LogP contribution is 2.30. The Morgan fingerprint density at radius 3 is 2.81 bits per heavy atom. The van der Waals surface area contributed by atoms with Gasteiger partial charge in [-0.1, -0.05) is 6.08 Å². The first-order valence-electron chi connectivity index (χ1n) is 6.09. The molecule has 9 heteroatoms. The van der Waals surface area contributed by atoms with Crippen molar-refractivity contribution in [2.45, 2.75) is 12.6 Å². The molecule has 0 atom stereocenters. The maximum absolute atomic E-state index is 12.5. The molecule has 114 valence electrons. The Balaban J connectivity index is 1.97. The van der Waals surface area contributed by atoms with Gasteiger partial charge in [0.1, 0.15) is 5.82 Å². The Hall–Kier alpha value is -2.32. The number of carbonyl (C=O) groups is 1. The third-order valence-corrected chi connectivity index (χ3v) is 2.91. The molecule has 0 saturated carbocycles. The highest BCUT2D eigenvalue weighted by atomic mass is 19.4. The van der Waals surface area contributed by atoms with Crippen molar-refractivity contribution >= 4 is 11.8 Å². The van der Waals surface area contributed by atoms with Crippen LogP contribution in [0.2, 0.25) is 0 Å². The van der Waals surface area contributed by atoms with Crippen molar-refractivity contribution in [2.24, 2.45) is 0 Å². The molecule has 0 bridgehead atoms. The second-order valence-corrected chi connectivity index (χ2v) is 4.28. The molecule has 0 unspecified atom stereocenters. The van der Waals surface area contributed by atoms with E-state index in [-0.39, 0.29) is 31.3 Å². The van der Waals surface area contributed by atoms with E-state index in [9.17, 15) is 18.0 Å². The van der Waals surface area contributed by atoms with Gasteiger partial charge in [-0.15, -0.1) is 0 Å². The van der Waals surface area contributed by atoms with Crippen molar-refractivity contribution in [2.75, 3.05) is 25.5 Å². The average Bonchev–Trinajstić information content (AvgIpc) is 2.46. The van der Waals surface area contributed by atoms with E-state index in [1.807, 2.05) is 0 Å². The van der Waals surface area contributed by atoms with E-state index >= 15 is 0 Å². The predicted octanol–water partition coefficient (Wildman–Crippen LogP) is 2.21. The molecule has 1 aromatic heterocycles. The van der Waals surface area contributed by atoms with Gasteiger partial charge in [-0.25, -0.2) is 9.78 Å². The summed E-state index contributed by atoms with van der Waals surface area (Å²) in [5, 5.41) is 2.49. The summed E-state index contributed by atoms with van der Waals surface area (Å²) in [6, 6.07) is 1.03. The molecule has 0 radical (unpaired) electrons. The summed E-state index contributed by atoms with van der Waals surface area (Å²) < 4.78 is 42.3. The molecule has 2 heterocycles. The largest absolute Gasteiger partial charge is 0.467 e. The lowest BCUT2D eigenvalue weighted by molar-refractivity contribution is -0.0956. The zero-order valence-electron chi connectivity index (χ0n) is 11.1. The van der Waals surface area contributed by atoms with Gasteiger partial charge in [0, 0.05) is 24.9 Å². The third-order valence-electron chi connectivity index (χ3n) is 2.91. The van der Waals surface area contributed by atoms with Gasteiger partial charge in [0.2, 0.25) is 0 Å². The van der Waals surface area contributed by atoms with Gasteiger partial charge in [0.25, 0.3) is 0 Å². The van der Waals surface area contributed by atoms with Crippen molar-refractivity contribution in [1.82, 2.24) is 14.9 Å². The third kappa shape index (κ3) is 3.83. The zero-order valence-corrected chi connectivity index (χ0v) is 11.1. The Bertz CT molecular complexity index is 560. The number of amides is 2. The van der Waals surface area contributed by atoms with Gasteiger partial charge in [0.15, 0.2) is 0 Å². The van der Waals surface area contributed by atoms with Crippen LogP contribution in [0.5, 0.6) is 6.01 Å². The van der Waals surface area contributed by atoms with Crippen molar-refractivity contribution < 1.29 is 22.7 Å². The van der Waals surface area contributed by atoms with Crippen molar-refractivity contribution in [3.63, 3.8) is 0 Å². The summed E-state index contributed by atoms with van der Waals surface area (Å²) in [5.41, 5.74) is -0.602. The van der Waals surface area contributed by atoms with E-state index < -0.39 is 17.8 Å². The topological polar surface area (TPSA) is 67.3 Å². The lowest BCUT2D eigenvalue weighted by Gasteiger charge is -2.27. The van der Waals surface area contributed by atoms with Crippen LogP contribution in [-0.2, 0) is 0 Å². The van der Waals surface area contributed by atoms with Crippen LogP contribution in [0, 0.1) is 0 Å². The second-order valence-electron chi connectivity index (χ2n) is 4.28. The van der Waals surface area contributed by atoms with Gasteiger partial charge in [-0.05, 0) is 12.5 Å². The Labute approximate surface area is 118 Å². The maximum Gasteiger partial charge on any atom is 0.412 e. The van der Waals surface area contributed by atoms with Crippen molar-refractivity contribution in [3.8, 4) is 6.01 Å². The SMILES string of the molecule is COc1nccc(NC(=O)N2CC=C(C(F)(F)F)CC2)n1. The number of hydrogen-bond acceptors (Lipinski definition) is 4. The molecule has 0 saturated heterocycles. The molecular weight excluding hydrogens is 289 g/mol.